The lowest BCUT2D eigenvalue weighted by Crippen LogP contribution is -2.44. The molecule has 0 aliphatic carbocycles. The van der Waals surface area contributed by atoms with Crippen molar-refractivity contribution in [3.05, 3.63) is 35.3 Å². The molecule has 1 aliphatic heterocycles. The first-order valence-electron chi connectivity index (χ1n) is 5.88. The minimum Gasteiger partial charge on any atom is -0.486 e. The Morgan fingerprint density at radius 2 is 2.11 bits per heavy atom. The van der Waals surface area contributed by atoms with Crippen LogP contribution in [0.4, 0.5) is 4.79 Å². The van der Waals surface area contributed by atoms with Crippen LogP contribution in [0.25, 0.3) is 0 Å². The number of carbonyl (C=O) groups excluding carboxylic acids is 1. The Kier molecular flexibility index (Phi) is 4.68. The molecule has 0 unspecified atom stereocenters. The Morgan fingerprint density at radius 1 is 1.37 bits per heavy atom. The number of para-hydroxylation sites is 2. The van der Waals surface area contributed by atoms with E-state index in [-0.39, 0.29) is 12.1 Å². The molecule has 0 aromatic heterocycles. The molecular weight excluding hydrogens is 312 g/mol. The molecule has 19 heavy (non-hydrogen) atoms. The zero-order valence-electron chi connectivity index (χ0n) is 10.3. The summed E-state index contributed by atoms with van der Waals surface area (Å²) in [5, 5.41) is 5.37. The summed E-state index contributed by atoms with van der Waals surface area (Å²) < 4.78 is 12.0. The summed E-state index contributed by atoms with van der Waals surface area (Å²) in [4.78, 5) is 11.5. The highest BCUT2D eigenvalue weighted by molar-refractivity contribution is 9.11. The van der Waals surface area contributed by atoms with Crippen LogP contribution in [-0.2, 0) is 0 Å². The number of ether oxygens (including phenoxy) is 2. The second-order valence-electron chi connectivity index (χ2n) is 4.08. The van der Waals surface area contributed by atoms with Crippen molar-refractivity contribution < 1.29 is 14.3 Å². The summed E-state index contributed by atoms with van der Waals surface area (Å²) in [6, 6.07) is 7.21. The topological polar surface area (TPSA) is 59.6 Å². The second-order valence-corrected chi connectivity index (χ2v) is 5.20. The third-order valence-corrected chi connectivity index (χ3v) is 2.78. The first-order chi connectivity index (χ1) is 9.15. The van der Waals surface area contributed by atoms with Crippen molar-refractivity contribution in [1.29, 1.82) is 0 Å². The van der Waals surface area contributed by atoms with Crippen LogP contribution in [0.2, 0.25) is 0 Å². The van der Waals surface area contributed by atoms with Gasteiger partial charge in [-0.3, -0.25) is 0 Å². The maximum Gasteiger partial charge on any atom is 0.315 e. The van der Waals surface area contributed by atoms with Gasteiger partial charge in [0.05, 0.1) is 13.1 Å². The minimum absolute atomic E-state index is 0.187. The van der Waals surface area contributed by atoms with Crippen molar-refractivity contribution in [2.75, 3.05) is 19.7 Å². The number of urea groups is 1. The van der Waals surface area contributed by atoms with Crippen LogP contribution in [0.1, 0.15) is 0 Å². The first kappa shape index (κ1) is 13.7. The maximum atomic E-state index is 11.5. The molecule has 0 bridgehead atoms. The van der Waals surface area contributed by atoms with Crippen LogP contribution in [0, 0.1) is 0 Å². The fraction of sp³-hybridized carbons (Fsp3) is 0.308. The van der Waals surface area contributed by atoms with Crippen molar-refractivity contribution in [2.45, 2.75) is 6.10 Å². The van der Waals surface area contributed by atoms with Gasteiger partial charge in [0.2, 0.25) is 0 Å². The van der Waals surface area contributed by atoms with Crippen LogP contribution in [0.15, 0.2) is 35.3 Å². The zero-order valence-corrected chi connectivity index (χ0v) is 11.9. The SMILES string of the molecule is C=C(Br)CNC(=O)NC[C@H]1COc2ccccc2O1. The largest absolute Gasteiger partial charge is 0.486 e. The zero-order chi connectivity index (χ0) is 13.7. The molecule has 2 amide bonds. The molecular formula is C13H15BrN2O3. The van der Waals surface area contributed by atoms with Gasteiger partial charge in [0.15, 0.2) is 17.6 Å². The Bertz CT molecular complexity index is 479. The molecule has 6 heteroatoms. The van der Waals surface area contributed by atoms with E-state index in [9.17, 15) is 4.79 Å². The van der Waals surface area contributed by atoms with E-state index in [0.717, 1.165) is 5.75 Å². The van der Waals surface area contributed by atoms with Gasteiger partial charge in [-0.2, -0.15) is 0 Å². The number of nitrogens with one attached hydrogen (secondary N) is 2. The van der Waals surface area contributed by atoms with E-state index in [4.69, 9.17) is 9.47 Å². The molecule has 0 saturated heterocycles. The highest BCUT2D eigenvalue weighted by atomic mass is 79.9. The van der Waals surface area contributed by atoms with E-state index in [0.29, 0.717) is 29.9 Å². The standard InChI is InChI=1S/C13H15BrN2O3/c1-9(14)6-15-13(17)16-7-10-8-18-11-4-2-3-5-12(11)19-10/h2-5,10H,1,6-8H2,(H2,15,16,17)/t10-/m0/s1. The highest BCUT2D eigenvalue weighted by Crippen LogP contribution is 2.30. The molecule has 1 heterocycles. The number of hydrogen-bond donors (Lipinski definition) is 2. The number of amides is 2. The molecule has 1 atom stereocenters. The van der Waals surface area contributed by atoms with E-state index in [1.807, 2.05) is 24.3 Å². The Labute approximate surface area is 120 Å². The molecule has 0 saturated carbocycles. The molecule has 102 valence electrons. The van der Waals surface area contributed by atoms with Crippen molar-refractivity contribution >= 4 is 22.0 Å². The Hall–Kier alpha value is -1.69. The molecule has 2 rings (SSSR count). The second kappa shape index (κ2) is 6.47. The molecule has 1 aliphatic rings. The van der Waals surface area contributed by atoms with Crippen molar-refractivity contribution in [3.8, 4) is 11.5 Å². The van der Waals surface area contributed by atoms with E-state index < -0.39 is 0 Å². The molecule has 0 radical (unpaired) electrons. The minimum atomic E-state index is -0.261. The monoisotopic (exact) mass is 326 g/mol. The molecule has 1 aromatic carbocycles. The molecule has 5 nitrogen and oxygen atoms in total. The molecule has 0 fully saturated rings. The van der Waals surface area contributed by atoms with Gasteiger partial charge in [-0.25, -0.2) is 4.79 Å². The smallest absolute Gasteiger partial charge is 0.315 e. The van der Waals surface area contributed by atoms with Crippen LogP contribution in [-0.4, -0.2) is 31.8 Å². The van der Waals surface area contributed by atoms with Gasteiger partial charge >= 0.3 is 6.03 Å². The van der Waals surface area contributed by atoms with Gasteiger partial charge in [-0.05, 0) is 12.1 Å². The van der Waals surface area contributed by atoms with Crippen LogP contribution in [0.5, 0.6) is 11.5 Å². The van der Waals surface area contributed by atoms with Crippen molar-refractivity contribution in [1.82, 2.24) is 10.6 Å². The Morgan fingerprint density at radius 3 is 2.84 bits per heavy atom. The third kappa shape index (κ3) is 4.17. The van der Waals surface area contributed by atoms with E-state index in [1.165, 1.54) is 0 Å². The van der Waals surface area contributed by atoms with Crippen LogP contribution in [0.3, 0.4) is 0 Å². The van der Waals surface area contributed by atoms with Crippen molar-refractivity contribution in [3.63, 3.8) is 0 Å². The van der Waals surface area contributed by atoms with Gasteiger partial charge in [-0.1, -0.05) is 34.6 Å². The Balaban J connectivity index is 1.76. The van der Waals surface area contributed by atoms with E-state index in [1.54, 1.807) is 0 Å². The highest BCUT2D eigenvalue weighted by Gasteiger charge is 2.20. The number of carbonyl (C=O) groups is 1. The van der Waals surface area contributed by atoms with Crippen LogP contribution >= 0.6 is 15.9 Å². The first-order valence-corrected chi connectivity index (χ1v) is 6.68. The summed E-state index contributed by atoms with van der Waals surface area (Å²) in [6.45, 7) is 4.82. The third-order valence-electron chi connectivity index (χ3n) is 2.50. The predicted octanol–water partition coefficient (Wildman–Crippen LogP) is 2.03. The van der Waals surface area contributed by atoms with E-state index >= 15 is 0 Å². The lowest BCUT2D eigenvalue weighted by atomic mass is 10.2. The molecule has 2 N–H and O–H groups in total. The lowest BCUT2D eigenvalue weighted by Gasteiger charge is -2.26. The summed E-state index contributed by atoms with van der Waals surface area (Å²) in [5.74, 6) is 1.44. The summed E-state index contributed by atoms with van der Waals surface area (Å²) in [7, 11) is 0. The quantitative estimate of drug-likeness (QED) is 0.890. The van der Waals surface area contributed by atoms with Crippen LogP contribution < -0.4 is 20.1 Å². The molecule has 0 spiro atoms. The number of halogens is 1. The summed E-state index contributed by atoms with van der Waals surface area (Å²) in [6.07, 6.45) is -0.187. The van der Waals surface area contributed by atoms with Gasteiger partial charge in [0.1, 0.15) is 6.61 Å². The normalized spacial score (nSPS) is 16.6. The van der Waals surface area contributed by atoms with Gasteiger partial charge in [0.25, 0.3) is 0 Å². The fourth-order valence-corrected chi connectivity index (χ4v) is 1.75. The summed E-state index contributed by atoms with van der Waals surface area (Å²) in [5.41, 5.74) is 0. The van der Waals surface area contributed by atoms with Gasteiger partial charge < -0.3 is 20.1 Å². The predicted molar refractivity (Wildman–Crippen MR) is 75.8 cm³/mol. The number of benzene rings is 1. The summed E-state index contributed by atoms with van der Waals surface area (Å²) >= 11 is 3.17. The van der Waals surface area contributed by atoms with Gasteiger partial charge in [-0.15, -0.1) is 0 Å². The van der Waals surface area contributed by atoms with Crippen molar-refractivity contribution in [2.24, 2.45) is 0 Å². The fourth-order valence-electron chi connectivity index (χ4n) is 1.61. The molecule has 1 aromatic rings. The van der Waals surface area contributed by atoms with E-state index in [2.05, 4.69) is 33.1 Å². The van der Waals surface area contributed by atoms with Gasteiger partial charge in [0, 0.05) is 4.48 Å². The number of rotatable bonds is 4. The number of hydrogen-bond acceptors (Lipinski definition) is 3. The average molecular weight is 327 g/mol. The lowest BCUT2D eigenvalue weighted by molar-refractivity contribution is 0.0918. The average Bonchev–Trinajstić information content (AvgIpc) is 2.42. The number of fused-ring (bicyclic) bond motifs is 1. The maximum absolute atomic E-state index is 11.5.